The highest BCUT2D eigenvalue weighted by molar-refractivity contribution is 7.93. The van der Waals surface area contributed by atoms with E-state index in [1.807, 2.05) is 6.92 Å². The molecule has 184 valence electrons. The molecule has 33 heavy (non-hydrogen) atoms. The van der Waals surface area contributed by atoms with Gasteiger partial charge < -0.3 is 9.57 Å². The number of benzene rings is 1. The predicted molar refractivity (Wildman–Crippen MR) is 117 cm³/mol. The average Bonchev–Trinajstić information content (AvgIpc) is 3.30. The molecule has 0 saturated heterocycles. The Morgan fingerprint density at radius 2 is 1.79 bits per heavy atom. The van der Waals surface area contributed by atoms with Gasteiger partial charge in [-0.1, -0.05) is 5.16 Å². The van der Waals surface area contributed by atoms with Crippen LogP contribution in [0.4, 0.5) is 18.9 Å². The van der Waals surface area contributed by atoms with Crippen molar-refractivity contribution in [1.29, 1.82) is 0 Å². The van der Waals surface area contributed by atoms with E-state index in [4.69, 9.17) is 9.57 Å². The Balaban J connectivity index is 2.13. The molecule has 2 aliphatic rings. The first-order valence-corrected chi connectivity index (χ1v) is 12.1. The second-order valence-corrected chi connectivity index (χ2v) is 11.4. The van der Waals surface area contributed by atoms with Gasteiger partial charge in [-0.3, -0.25) is 4.79 Å². The smallest absolute Gasteiger partial charge is 0.443 e. The standard InChI is InChI=1S/C22H29F3N2O5S/c1-12-13(2)16(19-15-8-7-9-18(15)32-26-19)10-17(14(12)3)27(33(29,30)22(23,24)25)11-31-20(28)21(4,5)6/h10,15,18H,7-9,11H2,1-6H3/t15-,18+/m0/s1. The minimum Gasteiger partial charge on any atom is -0.443 e. The fourth-order valence-electron chi connectivity index (χ4n) is 4.09. The summed E-state index contributed by atoms with van der Waals surface area (Å²) in [5.41, 5.74) is -3.95. The minimum absolute atomic E-state index is 0.00467. The number of esters is 1. The molecule has 1 saturated carbocycles. The van der Waals surface area contributed by atoms with Gasteiger partial charge in [0.1, 0.15) is 6.10 Å². The molecule has 0 unspecified atom stereocenters. The van der Waals surface area contributed by atoms with Crippen molar-refractivity contribution < 1.29 is 36.0 Å². The van der Waals surface area contributed by atoms with Crippen LogP contribution in [0.25, 0.3) is 0 Å². The molecule has 0 bridgehead atoms. The molecule has 11 heteroatoms. The van der Waals surface area contributed by atoms with E-state index < -0.39 is 33.6 Å². The Kier molecular flexibility index (Phi) is 6.51. The Labute approximate surface area is 192 Å². The quantitative estimate of drug-likeness (QED) is 0.441. The van der Waals surface area contributed by atoms with Crippen LogP contribution in [0.15, 0.2) is 11.2 Å². The van der Waals surface area contributed by atoms with Gasteiger partial charge in [-0.2, -0.15) is 21.6 Å². The fourth-order valence-corrected chi connectivity index (χ4v) is 4.98. The van der Waals surface area contributed by atoms with Gasteiger partial charge in [0.2, 0.25) is 0 Å². The third kappa shape index (κ3) is 4.56. The number of nitrogens with zero attached hydrogens (tertiary/aromatic N) is 2. The molecule has 1 aromatic rings. The Bertz CT molecular complexity index is 1090. The lowest BCUT2D eigenvalue weighted by Gasteiger charge is -2.29. The number of hydrogen-bond acceptors (Lipinski definition) is 6. The van der Waals surface area contributed by atoms with Gasteiger partial charge in [-0.15, -0.1) is 0 Å². The fraction of sp³-hybridized carbons (Fsp3) is 0.636. The zero-order chi connectivity index (χ0) is 24.9. The SMILES string of the molecule is Cc1c(C2=NO[C@@H]3CCC[C@H]23)cc(N(COC(=O)C(C)(C)C)S(=O)(=O)C(F)(F)F)c(C)c1C. The Morgan fingerprint density at radius 3 is 2.36 bits per heavy atom. The molecule has 1 aliphatic heterocycles. The van der Waals surface area contributed by atoms with Crippen LogP contribution in [0.2, 0.25) is 0 Å². The molecule has 7 nitrogen and oxygen atoms in total. The number of carbonyl (C=O) groups is 1. The number of sulfonamides is 1. The van der Waals surface area contributed by atoms with Crippen LogP contribution >= 0.6 is 0 Å². The summed E-state index contributed by atoms with van der Waals surface area (Å²) >= 11 is 0. The van der Waals surface area contributed by atoms with Gasteiger partial charge >= 0.3 is 21.5 Å². The van der Waals surface area contributed by atoms with Gasteiger partial charge in [-0.25, -0.2) is 4.31 Å². The van der Waals surface area contributed by atoms with E-state index in [2.05, 4.69) is 5.16 Å². The van der Waals surface area contributed by atoms with Crippen molar-refractivity contribution in [3.63, 3.8) is 0 Å². The van der Waals surface area contributed by atoms with E-state index in [0.29, 0.717) is 22.4 Å². The lowest BCUT2D eigenvalue weighted by atomic mass is 9.88. The van der Waals surface area contributed by atoms with Crippen LogP contribution in [0.1, 0.15) is 62.3 Å². The van der Waals surface area contributed by atoms with E-state index in [1.54, 1.807) is 6.92 Å². The van der Waals surface area contributed by atoms with Gasteiger partial charge in [0, 0.05) is 11.5 Å². The molecule has 0 N–H and O–H groups in total. The molecule has 0 amide bonds. The number of oxime groups is 1. The topological polar surface area (TPSA) is 85.3 Å². The van der Waals surface area contributed by atoms with Gasteiger partial charge in [-0.05, 0) is 83.6 Å². The third-order valence-corrected chi connectivity index (χ3v) is 7.80. The zero-order valence-electron chi connectivity index (χ0n) is 19.5. The molecule has 1 heterocycles. The molecule has 0 radical (unpaired) electrons. The van der Waals surface area contributed by atoms with Crippen molar-refractivity contribution in [2.24, 2.45) is 16.5 Å². The normalized spacial score (nSPS) is 20.8. The molecule has 1 fully saturated rings. The second-order valence-electron chi connectivity index (χ2n) is 9.59. The highest BCUT2D eigenvalue weighted by atomic mass is 32.2. The van der Waals surface area contributed by atoms with Gasteiger partial charge in [0.05, 0.1) is 16.8 Å². The molecule has 3 rings (SSSR count). The lowest BCUT2D eigenvalue weighted by Crippen LogP contribution is -2.44. The maximum Gasteiger partial charge on any atom is 0.516 e. The number of hydrogen-bond donors (Lipinski definition) is 0. The molecule has 2 atom stereocenters. The van der Waals surface area contributed by atoms with E-state index in [0.717, 1.165) is 24.8 Å². The number of alkyl halides is 3. The van der Waals surface area contributed by atoms with Crippen molar-refractivity contribution in [1.82, 2.24) is 0 Å². The van der Waals surface area contributed by atoms with Crippen LogP contribution in [-0.4, -0.2) is 38.4 Å². The number of halogens is 3. The van der Waals surface area contributed by atoms with Gasteiger partial charge in [0.15, 0.2) is 6.73 Å². The summed E-state index contributed by atoms with van der Waals surface area (Å²) in [6, 6.07) is 1.38. The number of anilines is 1. The molecule has 0 aromatic heterocycles. The lowest BCUT2D eigenvalue weighted by molar-refractivity contribution is -0.152. The Morgan fingerprint density at radius 1 is 1.15 bits per heavy atom. The van der Waals surface area contributed by atoms with Crippen molar-refractivity contribution in [3.8, 4) is 0 Å². The second kappa shape index (κ2) is 8.48. The molecular weight excluding hydrogens is 461 g/mol. The maximum absolute atomic E-state index is 13.6. The highest BCUT2D eigenvalue weighted by Gasteiger charge is 2.51. The Hall–Kier alpha value is -2.30. The van der Waals surface area contributed by atoms with Crippen molar-refractivity contribution in [2.45, 2.75) is 72.4 Å². The molecule has 0 spiro atoms. The van der Waals surface area contributed by atoms with Crippen LogP contribution < -0.4 is 4.31 Å². The predicted octanol–water partition coefficient (Wildman–Crippen LogP) is 4.72. The molecule has 1 aliphatic carbocycles. The molecule has 1 aromatic carbocycles. The zero-order valence-corrected chi connectivity index (χ0v) is 20.4. The van der Waals surface area contributed by atoms with Crippen LogP contribution in [0, 0.1) is 32.1 Å². The van der Waals surface area contributed by atoms with Crippen LogP contribution in [-0.2, 0) is 24.4 Å². The van der Waals surface area contributed by atoms with Crippen molar-refractivity contribution in [2.75, 3.05) is 11.0 Å². The average molecular weight is 491 g/mol. The summed E-state index contributed by atoms with van der Waals surface area (Å²) in [5.74, 6) is -0.820. The van der Waals surface area contributed by atoms with E-state index in [9.17, 15) is 26.4 Å². The van der Waals surface area contributed by atoms with Crippen LogP contribution in [0.5, 0.6) is 0 Å². The highest BCUT2D eigenvalue weighted by Crippen LogP contribution is 2.40. The maximum atomic E-state index is 13.6. The van der Waals surface area contributed by atoms with Crippen LogP contribution in [0.3, 0.4) is 0 Å². The summed E-state index contributed by atoms with van der Waals surface area (Å²) in [5, 5.41) is 4.18. The monoisotopic (exact) mass is 490 g/mol. The number of ether oxygens (including phenoxy) is 1. The van der Waals surface area contributed by atoms with Crippen molar-refractivity contribution in [3.05, 3.63) is 28.3 Å². The van der Waals surface area contributed by atoms with E-state index in [-0.39, 0.29) is 22.0 Å². The van der Waals surface area contributed by atoms with Gasteiger partial charge in [0.25, 0.3) is 0 Å². The first-order valence-electron chi connectivity index (χ1n) is 10.7. The summed E-state index contributed by atoms with van der Waals surface area (Å²) in [4.78, 5) is 17.7. The van der Waals surface area contributed by atoms with Crippen molar-refractivity contribution >= 4 is 27.4 Å². The molecular formula is C22H29F3N2O5S. The van der Waals surface area contributed by atoms with E-state index in [1.165, 1.54) is 33.8 Å². The third-order valence-electron chi connectivity index (χ3n) is 6.34. The number of rotatable bonds is 5. The number of carbonyl (C=O) groups excluding carboxylic acids is 1. The summed E-state index contributed by atoms with van der Waals surface area (Å²) in [7, 11) is -5.86. The number of fused-ring (bicyclic) bond motifs is 1. The minimum atomic E-state index is -5.86. The summed E-state index contributed by atoms with van der Waals surface area (Å²) in [6.07, 6.45) is 2.54. The first kappa shape index (κ1) is 25.3. The summed E-state index contributed by atoms with van der Waals surface area (Å²) < 4.78 is 71.0. The first-order chi connectivity index (χ1) is 15.1. The van der Waals surface area contributed by atoms with E-state index >= 15 is 0 Å². The summed E-state index contributed by atoms with van der Waals surface area (Å²) in [6.45, 7) is 8.52. The largest absolute Gasteiger partial charge is 0.516 e.